The molecule has 0 spiro atoms. The van der Waals surface area contributed by atoms with Gasteiger partial charge in [0.2, 0.25) is 0 Å². The highest BCUT2D eigenvalue weighted by atomic mass is 16.5. The van der Waals surface area contributed by atoms with Gasteiger partial charge in [-0.25, -0.2) is 0 Å². The molecule has 124 valence electrons. The van der Waals surface area contributed by atoms with E-state index in [2.05, 4.69) is 64.6 Å². The predicted octanol–water partition coefficient (Wildman–Crippen LogP) is 3.39. The maximum Gasteiger partial charge on any atom is 0.124 e. The van der Waals surface area contributed by atoms with E-state index >= 15 is 0 Å². The van der Waals surface area contributed by atoms with E-state index in [-0.39, 0.29) is 5.41 Å². The molecule has 1 N–H and O–H groups in total. The molecule has 24 heavy (non-hydrogen) atoms. The molecule has 0 bridgehead atoms. The lowest BCUT2D eigenvalue weighted by Crippen LogP contribution is -2.32. The molecule has 4 nitrogen and oxygen atoms in total. The fourth-order valence-corrected chi connectivity index (χ4v) is 4.08. The van der Waals surface area contributed by atoms with Gasteiger partial charge in [0.1, 0.15) is 5.75 Å². The number of likely N-dealkylation sites (tertiary alicyclic amines) is 1. The van der Waals surface area contributed by atoms with Crippen molar-refractivity contribution in [2.45, 2.75) is 18.3 Å². The molecule has 1 atom stereocenters. The molecular weight excluding hydrogens is 298 g/mol. The topological polar surface area (TPSA) is 41.1 Å². The van der Waals surface area contributed by atoms with E-state index < -0.39 is 0 Å². The number of ether oxygens (including phenoxy) is 1. The summed E-state index contributed by atoms with van der Waals surface area (Å²) in [6.45, 7) is 2.15. The Morgan fingerprint density at radius 3 is 2.79 bits per heavy atom. The first kappa shape index (κ1) is 15.2. The summed E-state index contributed by atoms with van der Waals surface area (Å²) in [5.41, 5.74) is 3.78. The minimum absolute atomic E-state index is 0.0763. The molecule has 4 heteroatoms. The van der Waals surface area contributed by atoms with E-state index in [0.29, 0.717) is 0 Å². The average molecular weight is 321 g/mol. The lowest BCUT2D eigenvalue weighted by molar-refractivity contribution is 0.348. The first-order valence-electron chi connectivity index (χ1n) is 8.44. The monoisotopic (exact) mass is 321 g/mol. The lowest BCUT2D eigenvalue weighted by Gasteiger charge is -2.31. The van der Waals surface area contributed by atoms with Gasteiger partial charge in [-0.05, 0) is 38.1 Å². The largest absolute Gasteiger partial charge is 0.496 e. The van der Waals surface area contributed by atoms with E-state index in [4.69, 9.17) is 4.74 Å². The summed E-state index contributed by atoms with van der Waals surface area (Å²) in [5, 5.41) is 8.36. The van der Waals surface area contributed by atoms with Crippen molar-refractivity contribution in [2.75, 3.05) is 27.2 Å². The molecule has 1 saturated heterocycles. The third kappa shape index (κ3) is 2.57. The number of H-pyrrole nitrogens is 1. The summed E-state index contributed by atoms with van der Waals surface area (Å²) < 4.78 is 5.77. The van der Waals surface area contributed by atoms with Crippen LogP contribution in [0.5, 0.6) is 5.75 Å². The van der Waals surface area contributed by atoms with E-state index in [1.807, 2.05) is 6.20 Å². The zero-order chi connectivity index (χ0) is 16.6. The molecule has 3 aromatic rings. The fourth-order valence-electron chi connectivity index (χ4n) is 4.08. The summed E-state index contributed by atoms with van der Waals surface area (Å²) in [4.78, 5) is 2.42. The first-order valence-corrected chi connectivity index (χ1v) is 8.44. The van der Waals surface area contributed by atoms with Crippen LogP contribution in [0.15, 0.2) is 48.7 Å². The number of fused-ring (bicyclic) bond motifs is 1. The van der Waals surface area contributed by atoms with E-state index in [1.54, 1.807) is 7.11 Å². The van der Waals surface area contributed by atoms with E-state index in [0.717, 1.165) is 42.6 Å². The van der Waals surface area contributed by atoms with Gasteiger partial charge >= 0.3 is 0 Å². The minimum atomic E-state index is 0.0763. The van der Waals surface area contributed by atoms with Gasteiger partial charge in [0.25, 0.3) is 0 Å². The molecule has 4 rings (SSSR count). The van der Waals surface area contributed by atoms with Crippen LogP contribution in [0, 0.1) is 0 Å². The van der Waals surface area contributed by atoms with Crippen molar-refractivity contribution in [3.63, 3.8) is 0 Å². The Hall–Kier alpha value is -2.33. The van der Waals surface area contributed by atoms with Gasteiger partial charge < -0.3 is 9.64 Å². The Bertz CT molecular complexity index is 842. The molecule has 0 saturated carbocycles. The molecule has 1 unspecified atom stereocenters. The molecule has 2 heterocycles. The average Bonchev–Trinajstić information content (AvgIpc) is 3.21. The van der Waals surface area contributed by atoms with E-state index in [9.17, 15) is 0 Å². The third-order valence-electron chi connectivity index (χ3n) is 5.26. The van der Waals surface area contributed by atoms with Gasteiger partial charge in [0.05, 0.1) is 18.8 Å². The Balaban J connectivity index is 1.84. The number of benzene rings is 2. The summed E-state index contributed by atoms with van der Waals surface area (Å²) in [5.74, 6) is 0.956. The molecule has 1 aliphatic rings. The molecule has 1 aliphatic heterocycles. The highest BCUT2D eigenvalue weighted by Crippen LogP contribution is 2.43. The van der Waals surface area contributed by atoms with Gasteiger partial charge in [-0.1, -0.05) is 30.3 Å². The highest BCUT2D eigenvalue weighted by molar-refractivity contribution is 5.81. The maximum atomic E-state index is 5.77. The van der Waals surface area contributed by atoms with Crippen LogP contribution in [0.25, 0.3) is 10.9 Å². The zero-order valence-corrected chi connectivity index (χ0v) is 14.2. The summed E-state index contributed by atoms with van der Waals surface area (Å²) in [7, 11) is 3.96. The van der Waals surface area contributed by atoms with Crippen molar-refractivity contribution >= 4 is 10.9 Å². The zero-order valence-electron chi connectivity index (χ0n) is 14.2. The number of nitrogens with zero attached hydrogens (tertiary/aromatic N) is 2. The van der Waals surface area contributed by atoms with Crippen LogP contribution in [-0.4, -0.2) is 42.3 Å². The SMILES string of the molecule is COc1cc2[nH]ncc2cc1C1(Cc2ccccc2)CCN(C)C1. The normalized spacial score (nSPS) is 21.4. The Kier molecular flexibility index (Phi) is 3.77. The fraction of sp³-hybridized carbons (Fsp3) is 0.350. The van der Waals surface area contributed by atoms with Gasteiger partial charge in [-0.2, -0.15) is 5.10 Å². The molecule has 0 aliphatic carbocycles. The second-order valence-corrected chi connectivity index (χ2v) is 6.94. The molecule has 0 radical (unpaired) electrons. The smallest absolute Gasteiger partial charge is 0.124 e. The highest BCUT2D eigenvalue weighted by Gasteiger charge is 2.40. The van der Waals surface area contributed by atoms with Crippen molar-refractivity contribution in [1.29, 1.82) is 0 Å². The molecule has 1 aromatic heterocycles. The number of aromatic amines is 1. The second-order valence-electron chi connectivity index (χ2n) is 6.94. The Morgan fingerprint density at radius 1 is 1.25 bits per heavy atom. The molecular formula is C20H23N3O. The number of likely N-dealkylation sites (N-methyl/N-ethyl adjacent to an activating group) is 1. The first-order chi connectivity index (χ1) is 11.7. The standard InChI is InChI=1S/C20H23N3O/c1-23-9-8-20(14-23,12-15-6-4-3-5-7-15)17-10-16-13-21-22-18(16)11-19(17)24-2/h3-7,10-11,13H,8-9,12,14H2,1-2H3,(H,21,22). The number of aromatic nitrogens is 2. The van der Waals surface area contributed by atoms with Crippen LogP contribution in [0.3, 0.4) is 0 Å². The Morgan fingerprint density at radius 2 is 2.08 bits per heavy atom. The van der Waals surface area contributed by atoms with Gasteiger partial charge in [-0.3, -0.25) is 5.10 Å². The van der Waals surface area contributed by atoms with Crippen molar-refractivity contribution in [1.82, 2.24) is 15.1 Å². The Labute approximate surface area is 142 Å². The molecule has 1 fully saturated rings. The van der Waals surface area contributed by atoms with Crippen molar-refractivity contribution in [2.24, 2.45) is 0 Å². The number of methoxy groups -OCH3 is 1. The van der Waals surface area contributed by atoms with Crippen LogP contribution >= 0.6 is 0 Å². The molecule has 0 amide bonds. The van der Waals surface area contributed by atoms with Gasteiger partial charge in [0, 0.05) is 29.0 Å². The number of hydrogen-bond acceptors (Lipinski definition) is 3. The number of rotatable bonds is 4. The lowest BCUT2D eigenvalue weighted by atomic mass is 9.74. The quantitative estimate of drug-likeness (QED) is 0.801. The summed E-state index contributed by atoms with van der Waals surface area (Å²) >= 11 is 0. The predicted molar refractivity (Wildman–Crippen MR) is 96.6 cm³/mol. The second kappa shape index (κ2) is 5.95. The van der Waals surface area contributed by atoms with Gasteiger partial charge in [-0.15, -0.1) is 0 Å². The number of hydrogen-bond donors (Lipinski definition) is 1. The number of nitrogens with one attached hydrogen (secondary N) is 1. The molecule has 2 aromatic carbocycles. The van der Waals surface area contributed by atoms with Crippen LogP contribution < -0.4 is 4.74 Å². The van der Waals surface area contributed by atoms with Crippen LogP contribution in [-0.2, 0) is 11.8 Å². The van der Waals surface area contributed by atoms with Crippen LogP contribution in [0.4, 0.5) is 0 Å². The minimum Gasteiger partial charge on any atom is -0.496 e. The van der Waals surface area contributed by atoms with Crippen LogP contribution in [0.1, 0.15) is 17.5 Å². The maximum absolute atomic E-state index is 5.77. The van der Waals surface area contributed by atoms with Crippen molar-refractivity contribution in [3.8, 4) is 5.75 Å². The summed E-state index contributed by atoms with van der Waals surface area (Å²) in [6.07, 6.45) is 4.06. The van der Waals surface area contributed by atoms with Crippen molar-refractivity contribution < 1.29 is 4.74 Å². The summed E-state index contributed by atoms with van der Waals surface area (Å²) in [6, 6.07) is 15.1. The van der Waals surface area contributed by atoms with Crippen molar-refractivity contribution in [3.05, 3.63) is 59.8 Å². The van der Waals surface area contributed by atoms with E-state index in [1.165, 1.54) is 11.1 Å². The van der Waals surface area contributed by atoms with Crippen LogP contribution in [0.2, 0.25) is 0 Å². The third-order valence-corrected chi connectivity index (χ3v) is 5.26. The van der Waals surface area contributed by atoms with Gasteiger partial charge in [0.15, 0.2) is 0 Å².